The molecule has 1 saturated heterocycles. The van der Waals surface area contributed by atoms with Crippen molar-refractivity contribution in [3.8, 4) is 16.3 Å². The second-order valence-electron chi connectivity index (χ2n) is 6.94. The minimum Gasteiger partial charge on any atom is -0.378 e. The van der Waals surface area contributed by atoms with E-state index >= 15 is 0 Å². The van der Waals surface area contributed by atoms with Crippen molar-refractivity contribution >= 4 is 29.7 Å². The first-order chi connectivity index (χ1) is 13.7. The summed E-state index contributed by atoms with van der Waals surface area (Å²) in [6.07, 6.45) is 2.47. The van der Waals surface area contributed by atoms with Gasteiger partial charge in [0.15, 0.2) is 0 Å². The van der Waals surface area contributed by atoms with E-state index in [4.69, 9.17) is 9.84 Å². The number of amides is 1. The standard InChI is InChI=1S/C21H24N4O2S.ClH/c1-24(20(26)12-17-15-27-10-9-22-17)13-16-14-25(18-6-3-2-4-7-18)23-21(16)19-8-5-11-28-19;/h2-8,11,14,17,22H,9-10,12-13,15H2,1H3;1H. The molecule has 0 bridgehead atoms. The molecule has 0 saturated carbocycles. The Balaban J connectivity index is 0.00000240. The van der Waals surface area contributed by atoms with Gasteiger partial charge in [-0.25, -0.2) is 4.68 Å². The van der Waals surface area contributed by atoms with Crippen molar-refractivity contribution in [3.63, 3.8) is 0 Å². The van der Waals surface area contributed by atoms with Crippen LogP contribution in [-0.4, -0.2) is 53.4 Å². The third kappa shape index (κ3) is 5.25. The van der Waals surface area contributed by atoms with E-state index in [1.807, 2.05) is 59.7 Å². The van der Waals surface area contributed by atoms with Crippen LogP contribution < -0.4 is 5.32 Å². The fraction of sp³-hybridized carbons (Fsp3) is 0.333. The van der Waals surface area contributed by atoms with Crippen molar-refractivity contribution < 1.29 is 9.53 Å². The second-order valence-corrected chi connectivity index (χ2v) is 7.89. The highest BCUT2D eigenvalue weighted by Gasteiger charge is 2.21. The number of thiophene rings is 1. The second kappa shape index (κ2) is 10.0. The van der Waals surface area contributed by atoms with Crippen molar-refractivity contribution in [2.45, 2.75) is 19.0 Å². The van der Waals surface area contributed by atoms with Crippen LogP contribution in [0, 0.1) is 0 Å². The van der Waals surface area contributed by atoms with Gasteiger partial charge in [0.05, 0.1) is 23.8 Å². The molecule has 0 radical (unpaired) electrons. The Morgan fingerprint density at radius 1 is 1.31 bits per heavy atom. The highest BCUT2D eigenvalue weighted by molar-refractivity contribution is 7.13. The molecular weight excluding hydrogens is 408 g/mol. The largest absolute Gasteiger partial charge is 0.378 e. The Hall–Kier alpha value is -2.19. The van der Waals surface area contributed by atoms with Crippen molar-refractivity contribution in [2.24, 2.45) is 0 Å². The summed E-state index contributed by atoms with van der Waals surface area (Å²) < 4.78 is 7.34. The predicted molar refractivity (Wildman–Crippen MR) is 118 cm³/mol. The van der Waals surface area contributed by atoms with E-state index in [0.717, 1.165) is 28.4 Å². The Morgan fingerprint density at radius 2 is 2.14 bits per heavy atom. The molecule has 1 aliphatic rings. The smallest absolute Gasteiger partial charge is 0.224 e. The number of rotatable bonds is 6. The number of nitrogens with zero attached hydrogens (tertiary/aromatic N) is 3. The number of hydrogen-bond acceptors (Lipinski definition) is 5. The first-order valence-electron chi connectivity index (χ1n) is 9.43. The highest BCUT2D eigenvalue weighted by Crippen LogP contribution is 2.28. The van der Waals surface area contributed by atoms with Crippen LogP contribution in [0.1, 0.15) is 12.0 Å². The highest BCUT2D eigenvalue weighted by atomic mass is 35.5. The van der Waals surface area contributed by atoms with Gasteiger partial charge in [-0.15, -0.1) is 23.7 Å². The summed E-state index contributed by atoms with van der Waals surface area (Å²) in [5, 5.41) is 10.2. The molecule has 1 N–H and O–H groups in total. The zero-order chi connectivity index (χ0) is 19.3. The number of para-hydroxylation sites is 1. The predicted octanol–water partition coefficient (Wildman–Crippen LogP) is 3.36. The SMILES string of the molecule is CN(Cc1cn(-c2ccccc2)nc1-c1cccs1)C(=O)CC1COCCN1.Cl. The first-order valence-corrected chi connectivity index (χ1v) is 10.3. The molecule has 6 nitrogen and oxygen atoms in total. The molecule has 2 aromatic heterocycles. The van der Waals surface area contributed by atoms with Gasteiger partial charge in [0.25, 0.3) is 0 Å². The van der Waals surface area contributed by atoms with Gasteiger partial charge in [0, 0.05) is 44.4 Å². The minimum absolute atomic E-state index is 0. The summed E-state index contributed by atoms with van der Waals surface area (Å²) in [6.45, 7) is 2.62. The van der Waals surface area contributed by atoms with Crippen molar-refractivity contribution in [3.05, 3.63) is 59.6 Å². The number of ether oxygens (including phenoxy) is 1. The van der Waals surface area contributed by atoms with E-state index in [9.17, 15) is 4.79 Å². The lowest BCUT2D eigenvalue weighted by molar-refractivity contribution is -0.131. The zero-order valence-corrected chi connectivity index (χ0v) is 17.9. The topological polar surface area (TPSA) is 59.4 Å². The number of nitrogens with one attached hydrogen (secondary N) is 1. The quantitative estimate of drug-likeness (QED) is 0.648. The third-order valence-electron chi connectivity index (χ3n) is 4.82. The number of benzene rings is 1. The maximum Gasteiger partial charge on any atom is 0.224 e. The van der Waals surface area contributed by atoms with E-state index < -0.39 is 0 Å². The number of morpholine rings is 1. The molecule has 8 heteroatoms. The van der Waals surface area contributed by atoms with Gasteiger partial charge in [0.2, 0.25) is 5.91 Å². The minimum atomic E-state index is 0. The molecular formula is C21H25ClN4O2S. The Labute approximate surface area is 180 Å². The number of aromatic nitrogens is 2. The number of hydrogen-bond donors (Lipinski definition) is 1. The van der Waals surface area contributed by atoms with Crippen molar-refractivity contribution in [1.29, 1.82) is 0 Å². The van der Waals surface area contributed by atoms with Gasteiger partial charge >= 0.3 is 0 Å². The summed E-state index contributed by atoms with van der Waals surface area (Å²) >= 11 is 1.66. The molecule has 1 amide bonds. The molecule has 1 aliphatic heterocycles. The molecule has 1 unspecified atom stereocenters. The number of carbonyl (C=O) groups is 1. The molecule has 1 fully saturated rings. The molecule has 1 atom stereocenters. The molecule has 0 aliphatic carbocycles. The molecule has 154 valence electrons. The van der Waals surface area contributed by atoms with Crippen LogP contribution in [0.5, 0.6) is 0 Å². The zero-order valence-electron chi connectivity index (χ0n) is 16.3. The Bertz CT molecular complexity index is 908. The number of carbonyl (C=O) groups excluding carboxylic acids is 1. The van der Waals surface area contributed by atoms with Crippen LogP contribution in [-0.2, 0) is 16.1 Å². The van der Waals surface area contributed by atoms with Gasteiger partial charge in [-0.05, 0) is 23.6 Å². The average molecular weight is 433 g/mol. The number of halogens is 1. The maximum atomic E-state index is 12.7. The summed E-state index contributed by atoms with van der Waals surface area (Å²) in [5.74, 6) is 0.104. The third-order valence-corrected chi connectivity index (χ3v) is 5.69. The van der Waals surface area contributed by atoms with Gasteiger partial charge in [-0.1, -0.05) is 24.3 Å². The van der Waals surface area contributed by atoms with E-state index in [2.05, 4.69) is 11.4 Å². The van der Waals surface area contributed by atoms with Crippen LogP contribution in [0.15, 0.2) is 54.0 Å². The van der Waals surface area contributed by atoms with Gasteiger partial charge < -0.3 is 15.0 Å². The van der Waals surface area contributed by atoms with Crippen LogP contribution >= 0.6 is 23.7 Å². The molecule has 4 rings (SSSR count). The lowest BCUT2D eigenvalue weighted by Crippen LogP contribution is -2.44. The molecule has 3 heterocycles. The maximum absolute atomic E-state index is 12.7. The fourth-order valence-electron chi connectivity index (χ4n) is 3.32. The van der Waals surface area contributed by atoms with E-state index in [1.54, 1.807) is 16.2 Å². The molecule has 1 aromatic carbocycles. The van der Waals surface area contributed by atoms with Crippen molar-refractivity contribution in [2.75, 3.05) is 26.8 Å². The summed E-state index contributed by atoms with van der Waals surface area (Å²) in [4.78, 5) is 15.6. The van der Waals surface area contributed by atoms with Gasteiger partial charge in [-0.3, -0.25) is 4.79 Å². The molecule has 3 aromatic rings. The first kappa shape index (κ1) is 21.5. The summed E-state index contributed by atoms with van der Waals surface area (Å²) in [5.41, 5.74) is 2.97. The van der Waals surface area contributed by atoms with Gasteiger partial charge in [-0.2, -0.15) is 5.10 Å². The molecule has 29 heavy (non-hydrogen) atoms. The fourth-order valence-corrected chi connectivity index (χ4v) is 4.06. The lowest BCUT2D eigenvalue weighted by Gasteiger charge is -2.25. The van der Waals surface area contributed by atoms with E-state index in [0.29, 0.717) is 26.2 Å². The van der Waals surface area contributed by atoms with E-state index in [-0.39, 0.29) is 24.4 Å². The molecule has 0 spiro atoms. The monoisotopic (exact) mass is 432 g/mol. The van der Waals surface area contributed by atoms with Crippen molar-refractivity contribution in [1.82, 2.24) is 20.0 Å². The summed E-state index contributed by atoms with van der Waals surface area (Å²) in [6, 6.07) is 14.2. The lowest BCUT2D eigenvalue weighted by atomic mass is 10.1. The summed E-state index contributed by atoms with van der Waals surface area (Å²) in [7, 11) is 1.85. The Kier molecular flexibility index (Phi) is 7.44. The van der Waals surface area contributed by atoms with E-state index in [1.165, 1.54) is 0 Å². The Morgan fingerprint density at radius 3 is 2.83 bits per heavy atom. The van der Waals surface area contributed by atoms with Crippen LogP contribution in [0.4, 0.5) is 0 Å². The van der Waals surface area contributed by atoms with Crippen LogP contribution in [0.3, 0.4) is 0 Å². The van der Waals surface area contributed by atoms with Crippen LogP contribution in [0.25, 0.3) is 16.3 Å². The van der Waals surface area contributed by atoms with Crippen LogP contribution in [0.2, 0.25) is 0 Å². The normalized spacial score (nSPS) is 16.2. The average Bonchev–Trinajstić information content (AvgIpc) is 3.39. The van der Waals surface area contributed by atoms with Gasteiger partial charge in [0.1, 0.15) is 5.69 Å².